The van der Waals surface area contributed by atoms with Crippen molar-refractivity contribution >= 4 is 40.1 Å². The number of alkyl halides is 1. The molecule has 2 aliphatic rings. The summed E-state index contributed by atoms with van der Waals surface area (Å²) in [4.78, 5) is 13.2. The summed E-state index contributed by atoms with van der Waals surface area (Å²) >= 11 is 7.85. The molecule has 1 N–H and O–H groups in total. The first kappa shape index (κ1) is 17.5. The molecule has 0 aromatic carbocycles. The van der Waals surface area contributed by atoms with Crippen molar-refractivity contribution in [3.8, 4) is 0 Å². The van der Waals surface area contributed by atoms with Crippen LogP contribution in [0.15, 0.2) is 6.07 Å². The quantitative estimate of drug-likeness (QED) is 0.553. The van der Waals surface area contributed by atoms with E-state index in [1.54, 1.807) is 11.9 Å². The van der Waals surface area contributed by atoms with Crippen molar-refractivity contribution in [3.63, 3.8) is 0 Å². The lowest BCUT2D eigenvalue weighted by Gasteiger charge is -2.30. The lowest BCUT2D eigenvalue weighted by molar-refractivity contribution is -0.130. The third kappa shape index (κ3) is 3.26. The average Bonchev–Trinajstić information content (AvgIpc) is 2.83. The smallest absolute Gasteiger partial charge is 0.237 e. The minimum atomic E-state index is -0.766. The van der Waals surface area contributed by atoms with Crippen molar-refractivity contribution in [2.75, 3.05) is 19.5 Å². The van der Waals surface area contributed by atoms with Crippen LogP contribution in [0.25, 0.3) is 0 Å². The second-order valence-electron chi connectivity index (χ2n) is 7.30. The summed E-state index contributed by atoms with van der Waals surface area (Å²) < 4.78 is 3.14. The fraction of sp³-hybridized carbons (Fsp3) is 0.750. The standard InChI is InChI=1S/C16H23ClIN3O2/c1-9(2)21-12(4-13(18)19-21)15-10-5-16(23,6-11(10)15)8-20(3)14(22)7-17/h4,9-11,15,23H,5-8H2,1-3H3/t10-,11+,15-,16?. The minimum Gasteiger partial charge on any atom is -0.388 e. The van der Waals surface area contributed by atoms with E-state index in [-0.39, 0.29) is 11.8 Å². The Morgan fingerprint density at radius 3 is 2.70 bits per heavy atom. The van der Waals surface area contributed by atoms with E-state index in [0.717, 1.165) is 16.5 Å². The number of carbonyl (C=O) groups excluding carboxylic acids is 1. The van der Waals surface area contributed by atoms with E-state index in [2.05, 4.69) is 52.3 Å². The van der Waals surface area contributed by atoms with Crippen LogP contribution < -0.4 is 0 Å². The molecule has 0 radical (unpaired) electrons. The first-order valence-electron chi connectivity index (χ1n) is 8.03. The number of carbonyl (C=O) groups is 1. The summed E-state index contributed by atoms with van der Waals surface area (Å²) in [5, 5.41) is 15.4. The molecule has 4 atom stereocenters. The molecule has 1 amide bonds. The first-order valence-corrected chi connectivity index (χ1v) is 9.64. The van der Waals surface area contributed by atoms with E-state index in [9.17, 15) is 9.90 Å². The van der Waals surface area contributed by atoms with Gasteiger partial charge in [0.05, 0.1) is 5.60 Å². The Kier molecular flexibility index (Phi) is 4.70. The molecule has 1 heterocycles. The molecular formula is C16H23ClIN3O2. The molecule has 0 aliphatic heterocycles. The van der Waals surface area contributed by atoms with Crippen LogP contribution in [-0.4, -0.2) is 50.8 Å². The van der Waals surface area contributed by atoms with Crippen LogP contribution >= 0.6 is 34.2 Å². The Morgan fingerprint density at radius 2 is 2.17 bits per heavy atom. The highest BCUT2D eigenvalue weighted by molar-refractivity contribution is 14.1. The Labute approximate surface area is 155 Å². The number of rotatable bonds is 5. The van der Waals surface area contributed by atoms with Crippen LogP contribution in [0.2, 0.25) is 0 Å². The molecule has 23 heavy (non-hydrogen) atoms. The van der Waals surface area contributed by atoms with E-state index in [1.807, 2.05) is 0 Å². The Morgan fingerprint density at radius 1 is 1.57 bits per heavy atom. The van der Waals surface area contributed by atoms with Crippen LogP contribution in [-0.2, 0) is 4.79 Å². The monoisotopic (exact) mass is 451 g/mol. The van der Waals surface area contributed by atoms with E-state index in [4.69, 9.17) is 11.6 Å². The Hall–Kier alpha value is -0.340. The number of halogens is 2. The number of nitrogens with zero attached hydrogens (tertiary/aromatic N) is 3. The number of amides is 1. The van der Waals surface area contributed by atoms with E-state index in [1.165, 1.54) is 5.69 Å². The topological polar surface area (TPSA) is 58.4 Å². The van der Waals surface area contributed by atoms with Gasteiger partial charge in [-0.1, -0.05) is 0 Å². The molecule has 1 unspecified atom stereocenters. The molecule has 3 rings (SSSR count). The maximum Gasteiger partial charge on any atom is 0.237 e. The summed E-state index contributed by atoms with van der Waals surface area (Å²) in [5.41, 5.74) is 0.532. The zero-order chi connectivity index (χ0) is 16.9. The zero-order valence-corrected chi connectivity index (χ0v) is 16.6. The van der Waals surface area contributed by atoms with Crippen LogP contribution in [0.5, 0.6) is 0 Å². The zero-order valence-electron chi connectivity index (χ0n) is 13.7. The predicted octanol–water partition coefficient (Wildman–Crippen LogP) is 2.62. The molecule has 1 aromatic rings. The minimum absolute atomic E-state index is 0.0337. The van der Waals surface area contributed by atoms with Gasteiger partial charge < -0.3 is 10.0 Å². The van der Waals surface area contributed by atoms with Gasteiger partial charge in [-0.05, 0) is 67.2 Å². The van der Waals surface area contributed by atoms with Gasteiger partial charge in [-0.3, -0.25) is 9.48 Å². The highest BCUT2D eigenvalue weighted by Crippen LogP contribution is 2.66. The number of fused-ring (bicyclic) bond motifs is 1. The molecule has 128 valence electrons. The summed E-state index contributed by atoms with van der Waals surface area (Å²) in [5.74, 6) is 1.34. The fourth-order valence-corrected chi connectivity index (χ4v) is 4.96. The van der Waals surface area contributed by atoms with Crippen molar-refractivity contribution in [2.24, 2.45) is 11.8 Å². The fourth-order valence-electron chi connectivity index (χ4n) is 4.20. The van der Waals surface area contributed by atoms with Crippen LogP contribution in [0.4, 0.5) is 0 Å². The van der Waals surface area contributed by atoms with Crippen LogP contribution in [0.1, 0.15) is 44.3 Å². The number of aliphatic hydroxyl groups is 1. The van der Waals surface area contributed by atoms with Gasteiger partial charge in [-0.15, -0.1) is 11.6 Å². The molecule has 5 nitrogen and oxygen atoms in total. The van der Waals surface area contributed by atoms with E-state index >= 15 is 0 Å². The molecule has 2 saturated carbocycles. The SMILES string of the molecule is CC(C)n1nc(I)cc1[C@@H]1[C@@H]2CC(O)(CN(C)C(=O)CCl)C[C@@H]21. The van der Waals surface area contributed by atoms with Gasteiger partial charge in [0.25, 0.3) is 0 Å². The third-order valence-electron chi connectivity index (χ3n) is 5.20. The number of hydrogen-bond donors (Lipinski definition) is 1. The van der Waals surface area contributed by atoms with Gasteiger partial charge in [-0.25, -0.2) is 0 Å². The molecule has 0 saturated heterocycles. The van der Waals surface area contributed by atoms with Gasteiger partial charge in [0, 0.05) is 31.2 Å². The average molecular weight is 452 g/mol. The summed E-state index contributed by atoms with van der Waals surface area (Å²) in [6.07, 6.45) is 1.50. The molecule has 2 aliphatic carbocycles. The summed E-state index contributed by atoms with van der Waals surface area (Å²) in [6, 6.07) is 2.52. The normalized spacial score (nSPS) is 32.2. The van der Waals surface area contributed by atoms with Crippen molar-refractivity contribution in [1.82, 2.24) is 14.7 Å². The Bertz CT molecular complexity index is 606. The van der Waals surface area contributed by atoms with Gasteiger partial charge >= 0.3 is 0 Å². The lowest BCUT2D eigenvalue weighted by Crippen LogP contribution is -2.43. The molecule has 7 heteroatoms. The summed E-state index contributed by atoms with van der Waals surface area (Å²) in [7, 11) is 1.71. The maximum atomic E-state index is 11.6. The largest absolute Gasteiger partial charge is 0.388 e. The Balaban J connectivity index is 1.67. The number of aromatic nitrogens is 2. The number of likely N-dealkylation sites (N-methyl/N-ethyl adjacent to an activating group) is 1. The van der Waals surface area contributed by atoms with Gasteiger partial charge in [0.2, 0.25) is 5.91 Å². The second kappa shape index (κ2) is 6.19. The number of hydrogen-bond acceptors (Lipinski definition) is 3. The van der Waals surface area contributed by atoms with Crippen molar-refractivity contribution in [3.05, 3.63) is 15.5 Å². The molecule has 2 fully saturated rings. The first-order chi connectivity index (χ1) is 10.8. The van der Waals surface area contributed by atoms with Crippen LogP contribution in [0.3, 0.4) is 0 Å². The van der Waals surface area contributed by atoms with Crippen molar-refractivity contribution in [2.45, 2.75) is 44.2 Å². The molecule has 0 spiro atoms. The van der Waals surface area contributed by atoms with E-state index < -0.39 is 5.60 Å². The third-order valence-corrected chi connectivity index (χ3v) is 5.96. The van der Waals surface area contributed by atoms with Gasteiger partial charge in [0.1, 0.15) is 9.58 Å². The second-order valence-corrected chi connectivity index (χ2v) is 8.67. The van der Waals surface area contributed by atoms with Crippen molar-refractivity contribution < 1.29 is 9.90 Å². The molecular weight excluding hydrogens is 429 g/mol. The van der Waals surface area contributed by atoms with Crippen molar-refractivity contribution in [1.29, 1.82) is 0 Å². The predicted molar refractivity (Wildman–Crippen MR) is 97.6 cm³/mol. The van der Waals surface area contributed by atoms with Gasteiger partial charge in [-0.2, -0.15) is 5.10 Å². The summed E-state index contributed by atoms with van der Waals surface area (Å²) in [6.45, 7) is 4.67. The lowest BCUT2D eigenvalue weighted by atomic mass is 9.93. The van der Waals surface area contributed by atoms with Gasteiger partial charge in [0.15, 0.2) is 0 Å². The highest BCUT2D eigenvalue weighted by atomic mass is 127. The van der Waals surface area contributed by atoms with E-state index in [0.29, 0.717) is 30.3 Å². The molecule has 0 bridgehead atoms. The van der Waals surface area contributed by atoms with Crippen LogP contribution in [0, 0.1) is 15.5 Å². The maximum absolute atomic E-state index is 11.6. The highest BCUT2D eigenvalue weighted by Gasteiger charge is 2.62. The molecule has 1 aromatic heterocycles.